The van der Waals surface area contributed by atoms with Gasteiger partial charge in [0.1, 0.15) is 5.52 Å². The van der Waals surface area contributed by atoms with Crippen molar-refractivity contribution in [3.05, 3.63) is 65.0 Å². The third kappa shape index (κ3) is 3.97. The third-order valence-corrected chi connectivity index (χ3v) is 3.78. The van der Waals surface area contributed by atoms with Crippen LogP contribution in [0.3, 0.4) is 0 Å². The second kappa shape index (κ2) is 6.65. The summed E-state index contributed by atoms with van der Waals surface area (Å²) in [4.78, 5) is 16.2. The van der Waals surface area contributed by atoms with Gasteiger partial charge in [-0.1, -0.05) is 35.9 Å². The van der Waals surface area contributed by atoms with Crippen molar-refractivity contribution in [2.75, 3.05) is 6.54 Å². The van der Waals surface area contributed by atoms with Gasteiger partial charge in [-0.15, -0.1) is 0 Å². The maximum Gasteiger partial charge on any atom is 0.224 e. The molecule has 0 saturated carbocycles. The molecule has 3 aromatic rings. The van der Waals surface area contributed by atoms with E-state index in [9.17, 15) is 4.79 Å². The number of carbonyl (C=O) groups excluding carboxylic acids is 1. The van der Waals surface area contributed by atoms with Crippen LogP contribution in [0.5, 0.6) is 0 Å². The van der Waals surface area contributed by atoms with E-state index in [1.54, 1.807) is 0 Å². The van der Waals surface area contributed by atoms with Crippen molar-refractivity contribution in [1.29, 1.82) is 0 Å². The molecular formula is C19H20N2O2. The van der Waals surface area contributed by atoms with Gasteiger partial charge >= 0.3 is 0 Å². The molecule has 0 aliphatic carbocycles. The summed E-state index contributed by atoms with van der Waals surface area (Å²) in [6.07, 6.45) is 1.19. The molecule has 3 rings (SSSR count). The fourth-order valence-electron chi connectivity index (χ4n) is 2.54. The molecule has 118 valence electrons. The number of hydrogen-bond donors (Lipinski definition) is 1. The van der Waals surface area contributed by atoms with Gasteiger partial charge in [0.25, 0.3) is 0 Å². The van der Waals surface area contributed by atoms with Crippen molar-refractivity contribution in [2.24, 2.45) is 0 Å². The predicted octanol–water partition coefficient (Wildman–Crippen LogP) is 3.35. The lowest BCUT2D eigenvalue weighted by molar-refractivity contribution is -0.120. The van der Waals surface area contributed by atoms with Crippen LogP contribution < -0.4 is 5.32 Å². The summed E-state index contributed by atoms with van der Waals surface area (Å²) >= 11 is 0. The second-order valence-corrected chi connectivity index (χ2v) is 5.80. The molecule has 0 spiro atoms. The molecule has 0 bridgehead atoms. The topological polar surface area (TPSA) is 55.1 Å². The molecule has 0 unspecified atom stereocenters. The highest BCUT2D eigenvalue weighted by Crippen LogP contribution is 2.17. The Bertz CT molecular complexity index is 819. The van der Waals surface area contributed by atoms with Crippen molar-refractivity contribution < 1.29 is 9.21 Å². The van der Waals surface area contributed by atoms with Gasteiger partial charge in [0.2, 0.25) is 5.91 Å². The van der Waals surface area contributed by atoms with E-state index in [2.05, 4.69) is 10.3 Å². The standard InChI is InChI=1S/C19H20N2O2/c1-13-3-5-15(6-4-13)12-19(22)20-10-9-16-7-8-17-18(11-16)23-14(2)21-17/h3-8,11H,9-10,12H2,1-2H3,(H,20,22). The Hall–Kier alpha value is -2.62. The fourth-order valence-corrected chi connectivity index (χ4v) is 2.54. The molecule has 0 radical (unpaired) electrons. The lowest BCUT2D eigenvalue weighted by Crippen LogP contribution is -2.27. The molecule has 23 heavy (non-hydrogen) atoms. The number of aromatic nitrogens is 1. The van der Waals surface area contributed by atoms with E-state index in [1.807, 2.05) is 56.3 Å². The van der Waals surface area contributed by atoms with Gasteiger partial charge < -0.3 is 9.73 Å². The first kappa shape index (κ1) is 15.3. The molecule has 0 aliphatic rings. The number of fused-ring (bicyclic) bond motifs is 1. The molecule has 0 saturated heterocycles. The minimum atomic E-state index is 0.0467. The zero-order valence-electron chi connectivity index (χ0n) is 13.4. The van der Waals surface area contributed by atoms with Crippen LogP contribution >= 0.6 is 0 Å². The number of amides is 1. The zero-order valence-corrected chi connectivity index (χ0v) is 13.4. The molecular weight excluding hydrogens is 288 g/mol. The minimum absolute atomic E-state index is 0.0467. The monoisotopic (exact) mass is 308 g/mol. The number of rotatable bonds is 5. The third-order valence-electron chi connectivity index (χ3n) is 3.78. The lowest BCUT2D eigenvalue weighted by Gasteiger charge is -2.06. The molecule has 0 fully saturated rings. The average Bonchev–Trinajstić information content (AvgIpc) is 2.89. The fraction of sp³-hybridized carbons (Fsp3) is 0.263. The molecule has 0 aliphatic heterocycles. The normalized spacial score (nSPS) is 10.9. The summed E-state index contributed by atoms with van der Waals surface area (Å²) in [5.41, 5.74) is 5.03. The number of hydrogen-bond acceptors (Lipinski definition) is 3. The number of nitrogens with zero attached hydrogens (tertiary/aromatic N) is 1. The van der Waals surface area contributed by atoms with Gasteiger partial charge in [0, 0.05) is 13.5 Å². The number of aryl methyl sites for hydroxylation is 2. The first-order valence-electron chi connectivity index (χ1n) is 7.78. The maximum absolute atomic E-state index is 12.0. The van der Waals surface area contributed by atoms with Crippen molar-refractivity contribution in [3.63, 3.8) is 0 Å². The van der Waals surface area contributed by atoms with E-state index in [1.165, 1.54) is 5.56 Å². The van der Waals surface area contributed by atoms with Crippen LogP contribution in [0.4, 0.5) is 0 Å². The second-order valence-electron chi connectivity index (χ2n) is 5.80. The Labute approximate surface area is 135 Å². The summed E-state index contributed by atoms with van der Waals surface area (Å²) in [6, 6.07) is 14.0. The van der Waals surface area contributed by atoms with Crippen molar-refractivity contribution >= 4 is 17.0 Å². The van der Waals surface area contributed by atoms with Crippen LogP contribution in [-0.4, -0.2) is 17.4 Å². The smallest absolute Gasteiger partial charge is 0.224 e. The van der Waals surface area contributed by atoms with E-state index in [0.29, 0.717) is 18.9 Å². The number of nitrogens with one attached hydrogen (secondary N) is 1. The lowest BCUT2D eigenvalue weighted by atomic mass is 10.1. The van der Waals surface area contributed by atoms with Crippen LogP contribution in [0.2, 0.25) is 0 Å². The highest BCUT2D eigenvalue weighted by Gasteiger charge is 2.05. The quantitative estimate of drug-likeness (QED) is 0.786. The Morgan fingerprint density at radius 1 is 1.09 bits per heavy atom. The molecule has 4 heteroatoms. The molecule has 2 aromatic carbocycles. The van der Waals surface area contributed by atoms with Gasteiger partial charge in [-0.05, 0) is 36.6 Å². The zero-order chi connectivity index (χ0) is 16.2. The van der Waals surface area contributed by atoms with Crippen molar-refractivity contribution in [2.45, 2.75) is 26.7 Å². The van der Waals surface area contributed by atoms with E-state index < -0.39 is 0 Å². The van der Waals surface area contributed by atoms with Gasteiger partial charge in [-0.2, -0.15) is 0 Å². The summed E-state index contributed by atoms with van der Waals surface area (Å²) in [7, 11) is 0. The van der Waals surface area contributed by atoms with Crippen LogP contribution in [-0.2, 0) is 17.6 Å². The predicted molar refractivity (Wildman–Crippen MR) is 90.3 cm³/mol. The van der Waals surface area contributed by atoms with Gasteiger partial charge in [0.15, 0.2) is 11.5 Å². The number of carbonyl (C=O) groups is 1. The van der Waals surface area contributed by atoms with E-state index in [0.717, 1.165) is 28.6 Å². The first-order valence-corrected chi connectivity index (χ1v) is 7.78. The highest BCUT2D eigenvalue weighted by atomic mass is 16.3. The SMILES string of the molecule is Cc1ccc(CC(=O)NCCc2ccc3nc(C)oc3c2)cc1. The minimum Gasteiger partial charge on any atom is -0.441 e. The van der Waals surface area contributed by atoms with Gasteiger partial charge in [-0.25, -0.2) is 4.98 Å². The first-order chi connectivity index (χ1) is 11.1. The molecule has 4 nitrogen and oxygen atoms in total. The maximum atomic E-state index is 12.0. The van der Waals surface area contributed by atoms with Crippen molar-refractivity contribution in [3.8, 4) is 0 Å². The van der Waals surface area contributed by atoms with Gasteiger partial charge in [-0.3, -0.25) is 4.79 Å². The van der Waals surface area contributed by atoms with Crippen LogP contribution in [0, 0.1) is 13.8 Å². The molecule has 1 aromatic heterocycles. The van der Waals surface area contributed by atoms with Gasteiger partial charge in [0.05, 0.1) is 6.42 Å². The summed E-state index contributed by atoms with van der Waals surface area (Å²) < 4.78 is 5.53. The Kier molecular flexibility index (Phi) is 4.42. The van der Waals surface area contributed by atoms with E-state index in [-0.39, 0.29) is 5.91 Å². The van der Waals surface area contributed by atoms with E-state index in [4.69, 9.17) is 4.42 Å². The number of benzene rings is 2. The molecule has 1 N–H and O–H groups in total. The summed E-state index contributed by atoms with van der Waals surface area (Å²) in [5.74, 6) is 0.717. The molecule has 0 atom stereocenters. The number of oxazole rings is 1. The van der Waals surface area contributed by atoms with Crippen LogP contribution in [0.15, 0.2) is 46.9 Å². The summed E-state index contributed by atoms with van der Waals surface area (Å²) in [6.45, 7) is 4.49. The highest BCUT2D eigenvalue weighted by molar-refractivity contribution is 5.78. The van der Waals surface area contributed by atoms with Crippen molar-refractivity contribution in [1.82, 2.24) is 10.3 Å². The molecule has 1 amide bonds. The summed E-state index contributed by atoms with van der Waals surface area (Å²) in [5, 5.41) is 2.96. The van der Waals surface area contributed by atoms with Crippen LogP contribution in [0.1, 0.15) is 22.6 Å². The largest absolute Gasteiger partial charge is 0.441 e. The van der Waals surface area contributed by atoms with Crippen LogP contribution in [0.25, 0.3) is 11.1 Å². The van der Waals surface area contributed by atoms with E-state index >= 15 is 0 Å². The Balaban J connectivity index is 1.51. The Morgan fingerprint density at radius 2 is 1.83 bits per heavy atom. The average molecular weight is 308 g/mol. The molecule has 1 heterocycles. The Morgan fingerprint density at radius 3 is 2.61 bits per heavy atom.